The van der Waals surface area contributed by atoms with Crippen LogP contribution < -0.4 is 0 Å². The van der Waals surface area contributed by atoms with Gasteiger partial charge in [-0.15, -0.1) is 0 Å². The third-order valence-electron chi connectivity index (χ3n) is 4.11. The Hall–Kier alpha value is -1.37. The maximum atomic E-state index is 13.8. The maximum absolute atomic E-state index is 13.8. The van der Waals surface area contributed by atoms with Crippen molar-refractivity contribution in [1.82, 2.24) is 4.90 Å². The van der Waals surface area contributed by atoms with Crippen molar-refractivity contribution in [2.45, 2.75) is 24.6 Å². The van der Waals surface area contributed by atoms with Crippen molar-refractivity contribution >= 4 is 23.2 Å². The highest BCUT2D eigenvalue weighted by atomic mass is 35.5. The zero-order chi connectivity index (χ0) is 18.3. The van der Waals surface area contributed by atoms with E-state index < -0.39 is 17.7 Å². The summed E-state index contributed by atoms with van der Waals surface area (Å²) in [5, 5.41) is 19.7. The first-order valence-corrected chi connectivity index (χ1v) is 7.80. The van der Waals surface area contributed by atoms with Gasteiger partial charge in [-0.3, -0.25) is 0 Å². The Morgan fingerprint density at radius 3 is 2.38 bits per heavy atom. The zero-order valence-corrected chi connectivity index (χ0v) is 14.4. The number of phenolic OH excluding ortho intramolecular Hbond substituents is 1. The van der Waals surface area contributed by atoms with Crippen LogP contribution in [0.2, 0.25) is 10.0 Å². The van der Waals surface area contributed by atoms with Crippen LogP contribution in [0.4, 0.5) is 13.2 Å². The number of nitrogens with zero attached hydrogens (tertiary/aromatic N) is 1. The van der Waals surface area contributed by atoms with Crippen molar-refractivity contribution in [3.8, 4) is 5.75 Å². The molecule has 0 aromatic heterocycles. The Labute approximate surface area is 147 Å². The predicted molar refractivity (Wildman–Crippen MR) is 87.4 cm³/mol. The van der Waals surface area contributed by atoms with E-state index in [2.05, 4.69) is 0 Å². The standard InChI is InChI=1S/C16H16Cl2F3NO2/c1-9(11-5-6-12(23)14(18)13(11)17)15(24,16(19,20)21)10-4-3-7-22(2)8-10/h3-6,8-9,23-24H,7H2,1-2H3. The van der Waals surface area contributed by atoms with Gasteiger partial charge < -0.3 is 15.1 Å². The minimum absolute atomic E-state index is 0.0122. The van der Waals surface area contributed by atoms with Gasteiger partial charge in [0, 0.05) is 31.3 Å². The summed E-state index contributed by atoms with van der Waals surface area (Å²) in [6.07, 6.45) is -0.918. The first-order valence-electron chi connectivity index (χ1n) is 7.05. The maximum Gasteiger partial charge on any atom is 0.422 e. The summed E-state index contributed by atoms with van der Waals surface area (Å²) >= 11 is 11.8. The Bertz CT molecular complexity index is 703. The van der Waals surface area contributed by atoms with Crippen LogP contribution >= 0.6 is 23.2 Å². The van der Waals surface area contributed by atoms with Gasteiger partial charge in [0.2, 0.25) is 0 Å². The molecule has 1 aliphatic heterocycles. The van der Waals surface area contributed by atoms with Crippen LogP contribution in [0.1, 0.15) is 18.4 Å². The van der Waals surface area contributed by atoms with Crippen molar-refractivity contribution in [2.24, 2.45) is 0 Å². The minimum atomic E-state index is -4.95. The first-order chi connectivity index (χ1) is 11.0. The molecule has 2 unspecified atom stereocenters. The lowest BCUT2D eigenvalue weighted by Gasteiger charge is -2.39. The molecule has 0 aliphatic carbocycles. The molecule has 0 bridgehead atoms. The van der Waals surface area contributed by atoms with E-state index in [1.807, 2.05) is 0 Å². The summed E-state index contributed by atoms with van der Waals surface area (Å²) < 4.78 is 41.4. The number of hydrogen-bond donors (Lipinski definition) is 2. The lowest BCUT2D eigenvalue weighted by atomic mass is 9.77. The van der Waals surface area contributed by atoms with Gasteiger partial charge in [0.05, 0.1) is 5.02 Å². The second kappa shape index (κ2) is 6.50. The van der Waals surface area contributed by atoms with E-state index in [0.717, 1.165) is 6.07 Å². The number of aromatic hydroxyl groups is 1. The molecule has 0 spiro atoms. The van der Waals surface area contributed by atoms with Crippen molar-refractivity contribution < 1.29 is 23.4 Å². The second-order valence-corrected chi connectivity index (χ2v) is 6.47. The number of aliphatic hydroxyl groups is 1. The quantitative estimate of drug-likeness (QED) is 0.810. The molecule has 1 aliphatic rings. The monoisotopic (exact) mass is 381 g/mol. The first kappa shape index (κ1) is 19.0. The average molecular weight is 382 g/mol. The van der Waals surface area contributed by atoms with Crippen molar-refractivity contribution in [2.75, 3.05) is 13.6 Å². The van der Waals surface area contributed by atoms with E-state index in [1.54, 1.807) is 7.05 Å². The van der Waals surface area contributed by atoms with Crippen molar-refractivity contribution in [3.05, 3.63) is 51.7 Å². The third-order valence-corrected chi connectivity index (χ3v) is 4.99. The molecule has 0 saturated heterocycles. The number of benzene rings is 1. The summed E-state index contributed by atoms with van der Waals surface area (Å²) in [6, 6.07) is 2.37. The zero-order valence-electron chi connectivity index (χ0n) is 12.9. The minimum Gasteiger partial charge on any atom is -0.506 e. The molecular formula is C16H16Cl2F3NO2. The number of likely N-dealkylation sites (N-methyl/N-ethyl adjacent to an activating group) is 1. The molecule has 2 atom stereocenters. The summed E-state index contributed by atoms with van der Waals surface area (Å²) in [7, 11) is 1.61. The molecule has 1 aromatic carbocycles. The van der Waals surface area contributed by atoms with Crippen LogP contribution in [0.3, 0.4) is 0 Å². The average Bonchev–Trinajstić information content (AvgIpc) is 2.50. The summed E-state index contributed by atoms with van der Waals surface area (Å²) in [5.74, 6) is -1.80. The second-order valence-electron chi connectivity index (χ2n) is 5.71. The van der Waals surface area contributed by atoms with Crippen molar-refractivity contribution in [3.63, 3.8) is 0 Å². The Balaban J connectivity index is 2.61. The topological polar surface area (TPSA) is 43.7 Å². The third kappa shape index (κ3) is 3.10. The van der Waals surface area contributed by atoms with Crippen LogP contribution in [-0.4, -0.2) is 40.5 Å². The molecular weight excluding hydrogens is 366 g/mol. The van der Waals surface area contributed by atoms with Crippen LogP contribution in [0.25, 0.3) is 0 Å². The molecule has 132 valence electrons. The fraction of sp³-hybridized carbons (Fsp3) is 0.375. The Morgan fingerprint density at radius 2 is 1.83 bits per heavy atom. The Kier molecular flexibility index (Phi) is 5.14. The molecule has 8 heteroatoms. The molecule has 1 aromatic rings. The largest absolute Gasteiger partial charge is 0.506 e. The molecule has 3 nitrogen and oxygen atoms in total. The number of phenols is 1. The fourth-order valence-corrected chi connectivity index (χ4v) is 3.17. The predicted octanol–water partition coefficient (Wildman–Crippen LogP) is 4.48. The van der Waals surface area contributed by atoms with E-state index in [9.17, 15) is 23.4 Å². The van der Waals surface area contributed by atoms with Crippen LogP contribution in [0.15, 0.2) is 36.1 Å². The molecule has 0 amide bonds. The van der Waals surface area contributed by atoms with Gasteiger partial charge in [0.25, 0.3) is 0 Å². The Morgan fingerprint density at radius 1 is 1.21 bits per heavy atom. The van der Waals surface area contributed by atoms with E-state index in [4.69, 9.17) is 23.2 Å². The highest BCUT2D eigenvalue weighted by Crippen LogP contribution is 2.49. The molecule has 0 saturated carbocycles. The number of halogens is 5. The van der Waals surface area contributed by atoms with Crippen molar-refractivity contribution in [1.29, 1.82) is 0 Å². The molecule has 2 rings (SSSR count). The molecule has 2 N–H and O–H groups in total. The van der Waals surface area contributed by atoms with Crippen LogP contribution in [0.5, 0.6) is 5.75 Å². The normalized spacial score (nSPS) is 19.0. The SMILES string of the molecule is CC(c1ccc(O)c(Cl)c1Cl)C(O)(C1=CN(C)CC=C1)C(F)(F)F. The van der Waals surface area contributed by atoms with E-state index >= 15 is 0 Å². The summed E-state index contributed by atoms with van der Waals surface area (Å²) in [6.45, 7) is 1.66. The van der Waals surface area contributed by atoms with Gasteiger partial charge in [-0.25, -0.2) is 0 Å². The van der Waals surface area contributed by atoms with E-state index in [-0.39, 0.29) is 26.9 Å². The summed E-state index contributed by atoms with van der Waals surface area (Å²) in [5.41, 5.74) is -3.47. The lowest BCUT2D eigenvalue weighted by Crippen LogP contribution is -2.51. The van der Waals surface area contributed by atoms with Gasteiger partial charge in [-0.2, -0.15) is 13.2 Å². The molecule has 24 heavy (non-hydrogen) atoms. The van der Waals surface area contributed by atoms with Gasteiger partial charge in [-0.1, -0.05) is 48.3 Å². The van der Waals surface area contributed by atoms with Gasteiger partial charge in [0.1, 0.15) is 10.8 Å². The number of rotatable bonds is 3. The van der Waals surface area contributed by atoms with Gasteiger partial charge >= 0.3 is 6.18 Å². The lowest BCUT2D eigenvalue weighted by molar-refractivity contribution is -0.250. The molecule has 0 radical (unpaired) electrons. The molecule has 0 fully saturated rings. The van der Waals surface area contributed by atoms with E-state index in [1.165, 1.54) is 36.2 Å². The van der Waals surface area contributed by atoms with Gasteiger partial charge in [-0.05, 0) is 11.6 Å². The smallest absolute Gasteiger partial charge is 0.422 e. The van der Waals surface area contributed by atoms with Gasteiger partial charge in [0.15, 0.2) is 5.60 Å². The highest BCUT2D eigenvalue weighted by Gasteiger charge is 2.59. The number of alkyl halides is 3. The van der Waals surface area contributed by atoms with Crippen LogP contribution in [0, 0.1) is 0 Å². The summed E-state index contributed by atoms with van der Waals surface area (Å²) in [4.78, 5) is 1.53. The number of hydrogen-bond acceptors (Lipinski definition) is 3. The van der Waals surface area contributed by atoms with E-state index in [0.29, 0.717) is 6.54 Å². The van der Waals surface area contributed by atoms with Crippen LogP contribution in [-0.2, 0) is 0 Å². The highest BCUT2D eigenvalue weighted by molar-refractivity contribution is 6.43. The molecule has 1 heterocycles. The fourth-order valence-electron chi connectivity index (χ4n) is 2.68.